The molecule has 18 heavy (non-hydrogen) atoms. The van der Waals surface area contributed by atoms with Crippen LogP contribution in [-0.4, -0.2) is 43.9 Å². The summed E-state index contributed by atoms with van der Waals surface area (Å²) < 4.78 is 15.3. The van der Waals surface area contributed by atoms with E-state index in [1.54, 1.807) is 25.4 Å². The number of hydrogen-bond donors (Lipinski definition) is 1. The average Bonchev–Trinajstić information content (AvgIpc) is 2.87. The molecule has 6 nitrogen and oxygen atoms in total. The summed E-state index contributed by atoms with van der Waals surface area (Å²) in [5.74, 6) is 0.941. The first-order valence-electron chi connectivity index (χ1n) is 5.71. The minimum atomic E-state index is -0.293. The van der Waals surface area contributed by atoms with E-state index >= 15 is 0 Å². The maximum atomic E-state index is 11.3. The molecule has 1 fully saturated rings. The third-order valence-electron chi connectivity index (χ3n) is 2.81. The van der Waals surface area contributed by atoms with Crippen molar-refractivity contribution in [3.8, 4) is 11.6 Å². The molecule has 0 aromatic carbocycles. The lowest BCUT2D eigenvalue weighted by atomic mass is 10.2. The molecule has 1 N–H and O–H groups in total. The normalized spacial score (nSPS) is 22.6. The molecule has 0 saturated carbocycles. The number of ether oxygens (including phenoxy) is 3. The van der Waals surface area contributed by atoms with Crippen LogP contribution in [0.25, 0.3) is 0 Å². The monoisotopic (exact) mass is 252 g/mol. The minimum absolute atomic E-state index is 0.0741. The molecule has 0 spiro atoms. The Hall–Kier alpha value is -1.82. The Kier molecular flexibility index (Phi) is 3.99. The van der Waals surface area contributed by atoms with Gasteiger partial charge in [-0.25, -0.2) is 4.98 Å². The Morgan fingerprint density at radius 3 is 2.89 bits per heavy atom. The van der Waals surface area contributed by atoms with Gasteiger partial charge in [0, 0.05) is 19.0 Å². The highest BCUT2D eigenvalue weighted by Crippen LogP contribution is 2.18. The highest BCUT2D eigenvalue weighted by molar-refractivity contribution is 5.76. The maximum absolute atomic E-state index is 11.3. The van der Waals surface area contributed by atoms with Gasteiger partial charge in [-0.1, -0.05) is 0 Å². The van der Waals surface area contributed by atoms with Crippen molar-refractivity contribution in [1.29, 1.82) is 0 Å². The van der Waals surface area contributed by atoms with Crippen LogP contribution < -0.4 is 14.8 Å². The van der Waals surface area contributed by atoms with Gasteiger partial charge in [-0.05, 0) is 6.07 Å². The number of esters is 1. The van der Waals surface area contributed by atoms with Crippen molar-refractivity contribution in [2.45, 2.75) is 18.6 Å². The summed E-state index contributed by atoms with van der Waals surface area (Å²) in [5.41, 5.74) is 0. The lowest BCUT2D eigenvalue weighted by Gasteiger charge is -2.11. The van der Waals surface area contributed by atoms with Gasteiger partial charge in [0.05, 0.1) is 20.4 Å². The van der Waals surface area contributed by atoms with Crippen LogP contribution in [0.5, 0.6) is 11.6 Å². The largest absolute Gasteiger partial charge is 0.495 e. The zero-order valence-corrected chi connectivity index (χ0v) is 10.4. The van der Waals surface area contributed by atoms with Crippen LogP contribution in [0, 0.1) is 0 Å². The lowest BCUT2D eigenvalue weighted by molar-refractivity contribution is -0.142. The van der Waals surface area contributed by atoms with Gasteiger partial charge in [0.2, 0.25) is 5.88 Å². The molecule has 0 radical (unpaired) electrons. The van der Waals surface area contributed by atoms with Crippen molar-refractivity contribution < 1.29 is 19.0 Å². The molecule has 1 aromatic rings. The van der Waals surface area contributed by atoms with E-state index < -0.39 is 0 Å². The van der Waals surface area contributed by atoms with Crippen molar-refractivity contribution in [1.82, 2.24) is 10.3 Å². The number of pyridine rings is 1. The van der Waals surface area contributed by atoms with Crippen molar-refractivity contribution in [3.63, 3.8) is 0 Å². The first-order valence-corrected chi connectivity index (χ1v) is 5.71. The third kappa shape index (κ3) is 2.89. The number of rotatable bonds is 4. The van der Waals surface area contributed by atoms with Gasteiger partial charge in [0.1, 0.15) is 17.9 Å². The third-order valence-corrected chi connectivity index (χ3v) is 2.81. The zero-order valence-electron chi connectivity index (χ0n) is 10.4. The summed E-state index contributed by atoms with van der Waals surface area (Å²) in [6.45, 7) is 0.605. The van der Waals surface area contributed by atoms with Gasteiger partial charge < -0.3 is 19.5 Å². The second-order valence-electron chi connectivity index (χ2n) is 4.00. The van der Waals surface area contributed by atoms with Crippen molar-refractivity contribution in [2.24, 2.45) is 0 Å². The number of methoxy groups -OCH3 is 2. The Labute approximate surface area is 105 Å². The first-order chi connectivity index (χ1) is 8.72. The molecule has 2 rings (SSSR count). The maximum Gasteiger partial charge on any atom is 0.323 e. The smallest absolute Gasteiger partial charge is 0.323 e. The molecule has 1 aliphatic rings. The highest BCUT2D eigenvalue weighted by atomic mass is 16.5. The summed E-state index contributed by atoms with van der Waals surface area (Å²) in [4.78, 5) is 15.4. The molecule has 0 amide bonds. The summed E-state index contributed by atoms with van der Waals surface area (Å²) in [6, 6.07) is 3.23. The van der Waals surface area contributed by atoms with E-state index in [1.165, 1.54) is 7.11 Å². The van der Waals surface area contributed by atoms with E-state index in [0.717, 1.165) is 0 Å². The fourth-order valence-corrected chi connectivity index (χ4v) is 1.84. The summed E-state index contributed by atoms with van der Waals surface area (Å²) in [7, 11) is 2.96. The predicted octanol–water partition coefficient (Wildman–Crippen LogP) is 0.372. The molecular weight excluding hydrogens is 236 g/mol. The Balaban J connectivity index is 1.89. The fraction of sp³-hybridized carbons (Fsp3) is 0.500. The number of nitrogens with one attached hydrogen (secondary N) is 1. The first kappa shape index (κ1) is 12.6. The molecule has 1 aliphatic heterocycles. The van der Waals surface area contributed by atoms with E-state index in [1.807, 2.05) is 0 Å². The number of carbonyl (C=O) groups excluding carboxylic acids is 1. The zero-order chi connectivity index (χ0) is 13.0. The molecule has 1 aromatic heterocycles. The molecule has 0 aliphatic carbocycles. The standard InChI is InChI=1S/C12H16N2O4/c1-16-8-3-4-11(14-6-8)18-9-5-10(13-7-9)12(15)17-2/h3-4,6,9-10,13H,5,7H2,1-2H3. The van der Waals surface area contributed by atoms with E-state index in [2.05, 4.69) is 15.0 Å². The highest BCUT2D eigenvalue weighted by Gasteiger charge is 2.31. The van der Waals surface area contributed by atoms with Gasteiger partial charge >= 0.3 is 5.97 Å². The van der Waals surface area contributed by atoms with E-state index in [9.17, 15) is 4.79 Å². The Bertz CT molecular complexity index is 407. The predicted molar refractivity (Wildman–Crippen MR) is 63.6 cm³/mol. The quantitative estimate of drug-likeness (QED) is 0.781. The summed E-state index contributed by atoms with van der Waals surface area (Å²) >= 11 is 0. The van der Waals surface area contributed by atoms with Crippen LogP contribution in [0.15, 0.2) is 18.3 Å². The van der Waals surface area contributed by atoms with E-state index in [0.29, 0.717) is 24.6 Å². The van der Waals surface area contributed by atoms with Crippen LogP contribution in [0.1, 0.15) is 6.42 Å². The van der Waals surface area contributed by atoms with Crippen LogP contribution in [0.4, 0.5) is 0 Å². The summed E-state index contributed by atoms with van der Waals surface area (Å²) in [6.07, 6.45) is 2.10. The van der Waals surface area contributed by atoms with E-state index in [4.69, 9.17) is 9.47 Å². The number of hydrogen-bond acceptors (Lipinski definition) is 6. The Morgan fingerprint density at radius 1 is 1.44 bits per heavy atom. The average molecular weight is 252 g/mol. The molecular formula is C12H16N2O4. The second-order valence-corrected chi connectivity index (χ2v) is 4.00. The van der Waals surface area contributed by atoms with E-state index in [-0.39, 0.29) is 18.1 Å². The SMILES string of the molecule is COC(=O)C1CC(Oc2ccc(OC)cn2)CN1. The van der Waals surface area contributed by atoms with Gasteiger partial charge in [-0.15, -0.1) is 0 Å². The van der Waals surface area contributed by atoms with Gasteiger partial charge in [0.15, 0.2) is 0 Å². The van der Waals surface area contributed by atoms with Gasteiger partial charge in [0.25, 0.3) is 0 Å². The van der Waals surface area contributed by atoms with Crippen LogP contribution in [0.3, 0.4) is 0 Å². The molecule has 6 heteroatoms. The number of aromatic nitrogens is 1. The molecule has 2 unspecified atom stereocenters. The van der Waals surface area contributed by atoms with Crippen LogP contribution in [-0.2, 0) is 9.53 Å². The van der Waals surface area contributed by atoms with Crippen molar-refractivity contribution in [2.75, 3.05) is 20.8 Å². The number of nitrogens with zero attached hydrogens (tertiary/aromatic N) is 1. The van der Waals surface area contributed by atoms with Crippen molar-refractivity contribution in [3.05, 3.63) is 18.3 Å². The summed E-state index contributed by atoms with van der Waals surface area (Å²) in [5, 5.41) is 3.05. The topological polar surface area (TPSA) is 69.7 Å². The van der Waals surface area contributed by atoms with Gasteiger partial charge in [-0.3, -0.25) is 4.79 Å². The van der Waals surface area contributed by atoms with Crippen LogP contribution >= 0.6 is 0 Å². The van der Waals surface area contributed by atoms with Crippen molar-refractivity contribution >= 4 is 5.97 Å². The number of carbonyl (C=O) groups is 1. The van der Waals surface area contributed by atoms with Crippen LogP contribution in [0.2, 0.25) is 0 Å². The molecule has 98 valence electrons. The minimum Gasteiger partial charge on any atom is -0.495 e. The van der Waals surface area contributed by atoms with Gasteiger partial charge in [-0.2, -0.15) is 0 Å². The molecule has 0 bridgehead atoms. The fourth-order valence-electron chi connectivity index (χ4n) is 1.84. The lowest BCUT2D eigenvalue weighted by Crippen LogP contribution is -2.31. The molecule has 2 heterocycles. The molecule has 2 atom stereocenters. The molecule has 1 saturated heterocycles. The Morgan fingerprint density at radius 2 is 2.28 bits per heavy atom. The second kappa shape index (κ2) is 5.68.